The highest BCUT2D eigenvalue weighted by Crippen LogP contribution is 2.70. The quantitative estimate of drug-likeness (QED) is 0.511. The SMILES string of the molecule is CN(c1nc(-c2nc3ccccc3o2)c(O)c(=O)n1C)[C@@H](c1ccccc1)C12CC(C1)C2. The lowest BCUT2D eigenvalue weighted by molar-refractivity contribution is -0.127. The van der Waals surface area contributed by atoms with E-state index in [1.54, 1.807) is 13.1 Å². The van der Waals surface area contributed by atoms with Crippen molar-refractivity contribution in [3.8, 4) is 17.3 Å². The first kappa shape index (κ1) is 19.1. The number of nitrogens with zero attached hydrogens (tertiary/aromatic N) is 4. The zero-order valence-corrected chi connectivity index (χ0v) is 18.0. The number of oxazole rings is 1. The summed E-state index contributed by atoms with van der Waals surface area (Å²) in [6.45, 7) is 0. The van der Waals surface area contributed by atoms with E-state index in [0.29, 0.717) is 17.0 Å². The third-order valence-electron chi connectivity index (χ3n) is 7.22. The molecule has 3 fully saturated rings. The molecule has 3 saturated carbocycles. The Morgan fingerprint density at radius 3 is 2.44 bits per heavy atom. The van der Waals surface area contributed by atoms with E-state index in [2.05, 4.69) is 34.1 Å². The number of hydrogen-bond acceptors (Lipinski definition) is 6. The van der Waals surface area contributed by atoms with Gasteiger partial charge in [-0.1, -0.05) is 42.5 Å². The molecule has 2 aromatic heterocycles. The minimum atomic E-state index is -0.525. The summed E-state index contributed by atoms with van der Waals surface area (Å²) in [6.07, 6.45) is 3.59. The van der Waals surface area contributed by atoms with Crippen LogP contribution >= 0.6 is 0 Å². The van der Waals surface area contributed by atoms with Crippen LogP contribution in [0.25, 0.3) is 22.7 Å². The van der Waals surface area contributed by atoms with Crippen LogP contribution < -0.4 is 10.5 Å². The summed E-state index contributed by atoms with van der Waals surface area (Å²) < 4.78 is 7.22. The van der Waals surface area contributed by atoms with Crippen molar-refractivity contribution < 1.29 is 9.52 Å². The van der Waals surface area contributed by atoms with Gasteiger partial charge >= 0.3 is 0 Å². The molecule has 0 spiro atoms. The molecule has 2 bridgehead atoms. The Hall–Kier alpha value is -3.61. The zero-order chi connectivity index (χ0) is 22.0. The highest BCUT2D eigenvalue weighted by Gasteiger charge is 2.62. The molecule has 1 atom stereocenters. The third kappa shape index (κ3) is 2.63. The molecule has 3 aliphatic carbocycles. The van der Waals surface area contributed by atoms with Crippen LogP contribution in [-0.2, 0) is 7.05 Å². The van der Waals surface area contributed by atoms with Gasteiger partial charge in [0.05, 0.1) is 6.04 Å². The highest BCUT2D eigenvalue weighted by atomic mass is 16.4. The Balaban J connectivity index is 1.49. The van der Waals surface area contributed by atoms with Crippen LogP contribution in [0.5, 0.6) is 5.75 Å². The second-order valence-electron chi connectivity index (χ2n) is 9.22. The second-order valence-corrected chi connectivity index (χ2v) is 9.22. The minimum Gasteiger partial charge on any atom is -0.501 e. The molecule has 0 radical (unpaired) electrons. The molecule has 7 heteroatoms. The average Bonchev–Trinajstić information content (AvgIpc) is 3.18. The van der Waals surface area contributed by atoms with Gasteiger partial charge < -0.3 is 14.4 Å². The van der Waals surface area contributed by atoms with Gasteiger partial charge in [0.1, 0.15) is 5.52 Å². The fraction of sp³-hybridized carbons (Fsp3) is 0.320. The maximum absolute atomic E-state index is 13.0. The summed E-state index contributed by atoms with van der Waals surface area (Å²) in [4.78, 5) is 24.2. The number of hydrogen-bond donors (Lipinski definition) is 1. The molecule has 0 unspecified atom stereocenters. The van der Waals surface area contributed by atoms with Crippen molar-refractivity contribution in [1.29, 1.82) is 0 Å². The van der Waals surface area contributed by atoms with Crippen molar-refractivity contribution in [1.82, 2.24) is 14.5 Å². The zero-order valence-electron chi connectivity index (χ0n) is 18.0. The molecule has 2 aromatic carbocycles. The van der Waals surface area contributed by atoms with Crippen LogP contribution in [0, 0.1) is 11.3 Å². The van der Waals surface area contributed by atoms with Crippen molar-refractivity contribution >= 4 is 17.0 Å². The van der Waals surface area contributed by atoms with Gasteiger partial charge in [0.25, 0.3) is 11.4 Å². The lowest BCUT2D eigenvalue weighted by atomic mass is 9.41. The topological polar surface area (TPSA) is 84.4 Å². The number of fused-ring (bicyclic) bond motifs is 1. The average molecular weight is 428 g/mol. The molecule has 2 heterocycles. The fourth-order valence-electron chi connectivity index (χ4n) is 5.64. The van der Waals surface area contributed by atoms with Crippen LogP contribution in [0.15, 0.2) is 63.8 Å². The van der Waals surface area contributed by atoms with Crippen LogP contribution in [-0.4, -0.2) is 26.7 Å². The fourth-order valence-corrected chi connectivity index (χ4v) is 5.64. The van der Waals surface area contributed by atoms with E-state index >= 15 is 0 Å². The molecular formula is C25H24N4O3. The van der Waals surface area contributed by atoms with E-state index < -0.39 is 11.3 Å². The molecule has 0 aliphatic heterocycles. The maximum atomic E-state index is 13.0. The Morgan fingerprint density at radius 1 is 1.09 bits per heavy atom. The molecule has 162 valence electrons. The Kier molecular flexibility index (Phi) is 4.00. The predicted octanol–water partition coefficient (Wildman–Crippen LogP) is 4.27. The van der Waals surface area contributed by atoms with Gasteiger partial charge in [-0.05, 0) is 48.3 Å². The smallest absolute Gasteiger partial charge is 0.297 e. The van der Waals surface area contributed by atoms with Gasteiger partial charge in [-0.2, -0.15) is 0 Å². The lowest BCUT2D eigenvalue weighted by Gasteiger charge is -2.66. The maximum Gasteiger partial charge on any atom is 0.297 e. The lowest BCUT2D eigenvalue weighted by Crippen LogP contribution is -2.59. The van der Waals surface area contributed by atoms with Crippen LogP contribution in [0.3, 0.4) is 0 Å². The summed E-state index contributed by atoms with van der Waals surface area (Å²) in [5, 5.41) is 10.6. The van der Waals surface area contributed by atoms with Crippen LogP contribution in [0.4, 0.5) is 5.95 Å². The van der Waals surface area contributed by atoms with E-state index in [-0.39, 0.29) is 23.0 Å². The largest absolute Gasteiger partial charge is 0.501 e. The predicted molar refractivity (Wildman–Crippen MR) is 122 cm³/mol. The second kappa shape index (κ2) is 6.69. The number of benzene rings is 2. The number of rotatable bonds is 5. The molecule has 3 aliphatic rings. The van der Waals surface area contributed by atoms with Crippen molar-refractivity contribution in [3.05, 3.63) is 70.5 Å². The van der Waals surface area contributed by atoms with E-state index in [9.17, 15) is 9.90 Å². The molecule has 4 aromatic rings. The molecule has 0 saturated heterocycles. The van der Waals surface area contributed by atoms with Crippen molar-refractivity contribution in [2.45, 2.75) is 25.3 Å². The molecule has 0 amide bonds. The van der Waals surface area contributed by atoms with E-state index in [4.69, 9.17) is 9.40 Å². The van der Waals surface area contributed by atoms with Gasteiger partial charge in [-0.15, -0.1) is 0 Å². The normalized spacial score (nSPS) is 22.2. The van der Waals surface area contributed by atoms with E-state index in [1.807, 2.05) is 31.3 Å². The van der Waals surface area contributed by atoms with E-state index in [1.165, 1.54) is 29.4 Å². The Labute approximate surface area is 185 Å². The summed E-state index contributed by atoms with van der Waals surface area (Å²) in [6, 6.07) is 17.8. The molecule has 32 heavy (non-hydrogen) atoms. The van der Waals surface area contributed by atoms with Crippen molar-refractivity contribution in [3.63, 3.8) is 0 Å². The number of para-hydroxylation sites is 2. The summed E-state index contributed by atoms with van der Waals surface area (Å²) >= 11 is 0. The standard InChI is InChI=1S/C25H24N4O3/c1-28(21(16-8-4-3-5-9-16)25-12-15(13-25)14-25)24-27-19(20(30)23(31)29(24)2)22-26-17-10-6-7-11-18(17)32-22/h3-11,15,21,30H,12-14H2,1-2H3/t15?,21-,25?/m0/s1. The van der Waals surface area contributed by atoms with Gasteiger partial charge in [0, 0.05) is 14.1 Å². The number of anilines is 1. The summed E-state index contributed by atoms with van der Waals surface area (Å²) in [7, 11) is 3.62. The first-order valence-electron chi connectivity index (χ1n) is 10.9. The number of aromatic hydroxyl groups is 1. The molecular weight excluding hydrogens is 404 g/mol. The Morgan fingerprint density at radius 2 is 1.78 bits per heavy atom. The van der Waals surface area contributed by atoms with Gasteiger partial charge in [-0.25, -0.2) is 9.97 Å². The first-order chi connectivity index (χ1) is 15.5. The summed E-state index contributed by atoms with van der Waals surface area (Å²) in [5.74, 6) is 0.973. The third-order valence-corrected chi connectivity index (χ3v) is 7.22. The van der Waals surface area contributed by atoms with Crippen LogP contribution in [0.1, 0.15) is 30.9 Å². The van der Waals surface area contributed by atoms with E-state index in [0.717, 1.165) is 5.92 Å². The highest BCUT2D eigenvalue weighted by molar-refractivity contribution is 5.76. The van der Waals surface area contributed by atoms with Crippen molar-refractivity contribution in [2.75, 3.05) is 11.9 Å². The molecule has 7 nitrogen and oxygen atoms in total. The molecule has 1 N–H and O–H groups in total. The summed E-state index contributed by atoms with van der Waals surface area (Å²) in [5.41, 5.74) is 2.18. The van der Waals surface area contributed by atoms with Gasteiger partial charge in [-0.3, -0.25) is 9.36 Å². The number of aromatic nitrogens is 3. The monoisotopic (exact) mass is 428 g/mol. The van der Waals surface area contributed by atoms with Gasteiger partial charge in [0.2, 0.25) is 11.7 Å². The van der Waals surface area contributed by atoms with Crippen molar-refractivity contribution in [2.24, 2.45) is 18.4 Å². The van der Waals surface area contributed by atoms with Gasteiger partial charge in [0.15, 0.2) is 11.3 Å². The first-order valence-corrected chi connectivity index (χ1v) is 10.9. The molecule has 7 rings (SSSR count). The van der Waals surface area contributed by atoms with Crippen LogP contribution in [0.2, 0.25) is 0 Å². The Bertz CT molecular complexity index is 1340. The minimum absolute atomic E-state index is 0.0653.